The van der Waals surface area contributed by atoms with E-state index in [0.29, 0.717) is 12.0 Å². The third kappa shape index (κ3) is 3.58. The highest BCUT2D eigenvalue weighted by Crippen LogP contribution is 2.28. The molecule has 2 atom stereocenters. The molecule has 0 bridgehead atoms. The van der Waals surface area contributed by atoms with Gasteiger partial charge in [0.05, 0.1) is 25.5 Å². The van der Waals surface area contributed by atoms with Crippen molar-refractivity contribution in [2.75, 3.05) is 33.4 Å². The number of nitrogens with one attached hydrogen (secondary N) is 1. The second-order valence-electron chi connectivity index (χ2n) is 5.13. The summed E-state index contributed by atoms with van der Waals surface area (Å²) in [6.07, 6.45) is 3.90. The standard InChI is InChI=1S/C14H22N2O3/c1-10(11(2)18-3)15-14(17)5-4-6-16-7-12-9-19-13(12)8-16/h4-5,12-13H,6-9H2,1-3H3,(H,15,17). The van der Waals surface area contributed by atoms with Crippen molar-refractivity contribution in [2.24, 2.45) is 5.92 Å². The van der Waals surface area contributed by atoms with Crippen LogP contribution in [0.4, 0.5) is 0 Å². The molecule has 0 aromatic heterocycles. The second kappa shape index (κ2) is 6.21. The Morgan fingerprint density at radius 1 is 1.47 bits per heavy atom. The van der Waals surface area contributed by atoms with Crippen LogP contribution in [0, 0.1) is 5.92 Å². The largest absolute Gasteiger partial charge is 0.500 e. The molecular formula is C14H22N2O3. The molecule has 0 saturated carbocycles. The van der Waals surface area contributed by atoms with E-state index in [1.807, 2.05) is 19.9 Å². The zero-order chi connectivity index (χ0) is 13.8. The van der Waals surface area contributed by atoms with E-state index in [0.717, 1.165) is 37.7 Å². The Kier molecular flexibility index (Phi) is 4.61. The van der Waals surface area contributed by atoms with Crippen LogP contribution in [0.25, 0.3) is 0 Å². The zero-order valence-corrected chi connectivity index (χ0v) is 11.8. The Morgan fingerprint density at radius 2 is 2.26 bits per heavy atom. The smallest absolute Gasteiger partial charge is 0.247 e. The van der Waals surface area contributed by atoms with Crippen LogP contribution >= 0.6 is 0 Å². The lowest BCUT2D eigenvalue weighted by Crippen LogP contribution is -2.37. The fraction of sp³-hybridized carbons (Fsp3) is 0.643. The predicted octanol–water partition coefficient (Wildman–Crippen LogP) is 0.887. The van der Waals surface area contributed by atoms with Gasteiger partial charge in [0.25, 0.3) is 0 Å². The Bertz CT molecular complexity index is 391. The van der Waals surface area contributed by atoms with Crippen LogP contribution in [0.3, 0.4) is 0 Å². The van der Waals surface area contributed by atoms with Gasteiger partial charge in [-0.2, -0.15) is 0 Å². The number of amides is 1. The molecule has 0 aromatic carbocycles. The van der Waals surface area contributed by atoms with Gasteiger partial charge in [0.2, 0.25) is 5.91 Å². The molecule has 0 aromatic rings. The van der Waals surface area contributed by atoms with Crippen molar-refractivity contribution in [1.82, 2.24) is 10.2 Å². The highest BCUT2D eigenvalue weighted by atomic mass is 16.5. The summed E-state index contributed by atoms with van der Waals surface area (Å²) < 4.78 is 10.5. The maximum Gasteiger partial charge on any atom is 0.247 e. The van der Waals surface area contributed by atoms with Crippen LogP contribution in [-0.4, -0.2) is 50.3 Å². The van der Waals surface area contributed by atoms with Crippen LogP contribution in [-0.2, 0) is 14.3 Å². The lowest BCUT2D eigenvalue weighted by atomic mass is 10.0. The van der Waals surface area contributed by atoms with E-state index in [4.69, 9.17) is 9.47 Å². The quantitative estimate of drug-likeness (QED) is 0.593. The van der Waals surface area contributed by atoms with E-state index < -0.39 is 0 Å². The van der Waals surface area contributed by atoms with Crippen LogP contribution in [0.5, 0.6) is 0 Å². The number of rotatable bonds is 5. The van der Waals surface area contributed by atoms with Crippen molar-refractivity contribution in [3.8, 4) is 0 Å². The van der Waals surface area contributed by atoms with Gasteiger partial charge in [-0.15, -0.1) is 0 Å². The number of methoxy groups -OCH3 is 1. The number of carbonyl (C=O) groups excluding carboxylic acids is 1. The SMILES string of the molecule is COC(C)=C(C)NC(=O)C=CCN1CC2COC2C1. The first-order valence-corrected chi connectivity index (χ1v) is 6.63. The topological polar surface area (TPSA) is 50.8 Å². The normalized spacial score (nSPS) is 27.7. The molecule has 2 aliphatic heterocycles. The summed E-state index contributed by atoms with van der Waals surface area (Å²) in [6, 6.07) is 0. The lowest BCUT2D eigenvalue weighted by Gasteiger charge is -2.28. The molecule has 5 heteroatoms. The second-order valence-corrected chi connectivity index (χ2v) is 5.13. The predicted molar refractivity (Wildman–Crippen MR) is 72.3 cm³/mol. The molecule has 0 radical (unpaired) electrons. The number of likely N-dealkylation sites (tertiary alicyclic amines) is 1. The van der Waals surface area contributed by atoms with E-state index in [2.05, 4.69) is 10.2 Å². The molecule has 2 fully saturated rings. The van der Waals surface area contributed by atoms with Crippen molar-refractivity contribution in [1.29, 1.82) is 0 Å². The minimum atomic E-state index is -0.118. The maximum absolute atomic E-state index is 11.7. The van der Waals surface area contributed by atoms with Crippen LogP contribution in [0.15, 0.2) is 23.6 Å². The Morgan fingerprint density at radius 3 is 2.79 bits per heavy atom. The molecule has 5 nitrogen and oxygen atoms in total. The average molecular weight is 266 g/mol. The minimum Gasteiger partial charge on any atom is -0.500 e. The van der Waals surface area contributed by atoms with Gasteiger partial charge in [-0.1, -0.05) is 6.08 Å². The van der Waals surface area contributed by atoms with Crippen molar-refractivity contribution in [3.05, 3.63) is 23.6 Å². The molecule has 19 heavy (non-hydrogen) atoms. The number of hydrogen-bond donors (Lipinski definition) is 1. The number of nitrogens with zero attached hydrogens (tertiary/aromatic N) is 1. The third-order valence-corrected chi connectivity index (χ3v) is 3.76. The summed E-state index contributed by atoms with van der Waals surface area (Å²) in [5, 5.41) is 2.77. The van der Waals surface area contributed by atoms with Crippen molar-refractivity contribution >= 4 is 5.91 Å². The van der Waals surface area contributed by atoms with E-state index in [-0.39, 0.29) is 5.91 Å². The van der Waals surface area contributed by atoms with Crippen molar-refractivity contribution < 1.29 is 14.3 Å². The van der Waals surface area contributed by atoms with E-state index in [1.54, 1.807) is 13.2 Å². The van der Waals surface area contributed by atoms with Crippen LogP contribution in [0.1, 0.15) is 13.8 Å². The highest BCUT2D eigenvalue weighted by Gasteiger charge is 2.39. The number of allylic oxidation sites excluding steroid dienone is 2. The summed E-state index contributed by atoms with van der Waals surface area (Å²) in [7, 11) is 1.59. The zero-order valence-electron chi connectivity index (χ0n) is 11.8. The number of ether oxygens (including phenoxy) is 2. The Labute approximate surface area is 114 Å². The van der Waals surface area contributed by atoms with Crippen molar-refractivity contribution in [3.63, 3.8) is 0 Å². The van der Waals surface area contributed by atoms with Gasteiger partial charge in [-0.3, -0.25) is 9.69 Å². The van der Waals surface area contributed by atoms with Gasteiger partial charge < -0.3 is 14.8 Å². The molecule has 2 heterocycles. The van der Waals surface area contributed by atoms with E-state index in [1.165, 1.54) is 0 Å². The molecular weight excluding hydrogens is 244 g/mol. The number of hydrogen-bond acceptors (Lipinski definition) is 4. The molecule has 2 unspecified atom stereocenters. The fourth-order valence-electron chi connectivity index (χ4n) is 2.33. The third-order valence-electron chi connectivity index (χ3n) is 3.76. The average Bonchev–Trinajstić information content (AvgIpc) is 2.64. The molecule has 1 amide bonds. The lowest BCUT2D eigenvalue weighted by molar-refractivity contribution is -0.115. The maximum atomic E-state index is 11.7. The first-order valence-electron chi connectivity index (χ1n) is 6.63. The highest BCUT2D eigenvalue weighted by molar-refractivity contribution is 5.88. The fourth-order valence-corrected chi connectivity index (χ4v) is 2.33. The van der Waals surface area contributed by atoms with Gasteiger partial charge in [0.1, 0.15) is 5.76 Å². The first-order chi connectivity index (χ1) is 9.10. The van der Waals surface area contributed by atoms with Gasteiger partial charge in [0.15, 0.2) is 0 Å². The van der Waals surface area contributed by atoms with Gasteiger partial charge in [-0.05, 0) is 13.8 Å². The summed E-state index contributed by atoms with van der Waals surface area (Å²) >= 11 is 0. The Hall–Kier alpha value is -1.33. The van der Waals surface area contributed by atoms with Crippen molar-refractivity contribution in [2.45, 2.75) is 20.0 Å². The molecule has 1 N–H and O–H groups in total. The minimum absolute atomic E-state index is 0.118. The molecule has 2 rings (SSSR count). The number of carbonyl (C=O) groups is 1. The monoisotopic (exact) mass is 266 g/mol. The molecule has 0 aliphatic carbocycles. The van der Waals surface area contributed by atoms with E-state index in [9.17, 15) is 4.79 Å². The molecule has 0 spiro atoms. The molecule has 2 aliphatic rings. The summed E-state index contributed by atoms with van der Waals surface area (Å²) in [5.74, 6) is 1.30. The van der Waals surface area contributed by atoms with Crippen LogP contribution in [0.2, 0.25) is 0 Å². The van der Waals surface area contributed by atoms with E-state index >= 15 is 0 Å². The summed E-state index contributed by atoms with van der Waals surface area (Å²) in [6.45, 7) is 7.40. The summed E-state index contributed by atoms with van der Waals surface area (Å²) in [4.78, 5) is 14.0. The summed E-state index contributed by atoms with van der Waals surface area (Å²) in [5.41, 5.74) is 0.741. The molecule has 106 valence electrons. The van der Waals surface area contributed by atoms with Crippen LogP contribution < -0.4 is 5.32 Å². The molecule has 2 saturated heterocycles. The number of fused-ring (bicyclic) bond motifs is 1. The van der Waals surface area contributed by atoms with Gasteiger partial charge in [0, 0.05) is 31.6 Å². The first kappa shape index (κ1) is 14.1. The van der Waals surface area contributed by atoms with Gasteiger partial charge in [-0.25, -0.2) is 0 Å². The Balaban J connectivity index is 1.72. The van der Waals surface area contributed by atoms with Gasteiger partial charge >= 0.3 is 0 Å².